The Morgan fingerprint density at radius 1 is 0.381 bits per heavy atom. The summed E-state index contributed by atoms with van der Waals surface area (Å²) in [5.41, 5.74) is 0. The van der Waals surface area contributed by atoms with Gasteiger partial charge in [-0.1, -0.05) is 130 Å². The number of carbonyl (C=O) groups excluding carboxylic acids is 2. The quantitative estimate of drug-likeness (QED) is 0.0829. The molecule has 0 amide bonds. The van der Waals surface area contributed by atoms with Crippen molar-refractivity contribution in [1.29, 1.82) is 0 Å². The average Bonchev–Trinajstić information content (AvgIpc) is 2.97. The number of carboxylic acids is 2. The number of unbranched alkanes of at least 4 members (excludes halogenated alkanes) is 20. The summed E-state index contributed by atoms with van der Waals surface area (Å²) in [6.07, 6.45) is 35.1. The molecule has 0 saturated carbocycles. The van der Waals surface area contributed by atoms with Crippen LogP contribution < -0.4 is 20.8 Å². The zero-order valence-corrected chi connectivity index (χ0v) is 28.7. The second kappa shape index (κ2) is 44.0. The van der Waals surface area contributed by atoms with Crippen LogP contribution in [0.25, 0.3) is 0 Å². The minimum atomic E-state index is -1.55. The van der Waals surface area contributed by atoms with E-state index >= 15 is 0 Å². The van der Waals surface area contributed by atoms with Gasteiger partial charge in [-0.2, -0.15) is 0 Å². The van der Waals surface area contributed by atoms with Gasteiger partial charge in [-0.05, 0) is 63.5 Å². The Kier molecular flexibility index (Phi) is 47.2. The summed E-state index contributed by atoms with van der Waals surface area (Å²) < 4.78 is 0. The molecule has 0 atom stereocenters. The monoisotopic (exact) mass is 599 g/mol. The average molecular weight is 599 g/mol. The highest BCUT2D eigenvalue weighted by atomic mass is 16.4. The number of nitrogens with two attached hydrogens (primary N) is 2. The third-order valence-corrected chi connectivity index (χ3v) is 7.40. The Labute approximate surface area is 262 Å². The number of carbonyl (C=O) groups is 2. The number of hydrogen-bond donors (Lipinski definition) is 2. The Hall–Kier alpha value is -1.40. The fourth-order valence-corrected chi connectivity index (χ4v) is 4.70. The lowest BCUT2D eigenvalue weighted by Gasteiger charge is -2.02. The summed E-state index contributed by atoms with van der Waals surface area (Å²) in [6.45, 7) is 14.6. The van der Waals surface area contributed by atoms with Crippen molar-refractivity contribution in [3.05, 3.63) is 12.2 Å². The van der Waals surface area contributed by atoms with Gasteiger partial charge in [0.1, 0.15) is 0 Å². The molecule has 252 valence electrons. The summed E-state index contributed by atoms with van der Waals surface area (Å²) in [4.78, 5) is 18.8. The molecule has 0 aromatic heterocycles. The molecule has 0 aliphatic rings. The predicted octanol–water partition coefficient (Wildman–Crippen LogP) is 5.58. The molecule has 0 aliphatic heterocycles. The zero-order chi connectivity index (χ0) is 31.8. The van der Waals surface area contributed by atoms with E-state index in [1.165, 1.54) is 180 Å². The van der Waals surface area contributed by atoms with Crippen LogP contribution in [-0.4, -0.2) is 38.1 Å². The molecule has 0 saturated heterocycles. The molecule has 0 rings (SSSR count). The van der Waals surface area contributed by atoms with E-state index in [1.807, 2.05) is 0 Å². The van der Waals surface area contributed by atoms with Gasteiger partial charge in [-0.25, -0.2) is 0 Å². The van der Waals surface area contributed by atoms with Gasteiger partial charge in [0.2, 0.25) is 0 Å². The maximum atomic E-state index is 9.41. The molecule has 0 unspecified atom stereocenters. The van der Waals surface area contributed by atoms with Gasteiger partial charge in [0.25, 0.3) is 0 Å². The fraction of sp³-hybridized carbons (Fsp3) is 0.889. The molecule has 0 radical (unpaired) electrons. The van der Waals surface area contributed by atoms with Gasteiger partial charge in [0.15, 0.2) is 0 Å². The SMILES string of the molecule is CCCCCCCC[NH2+]CCCCCCCC.CCCCCCCC[NH2+]CCCCCCCC.O=C([O-])/C=C/C(=O)[O-]. The zero-order valence-electron chi connectivity index (χ0n) is 28.7. The fourth-order valence-electron chi connectivity index (χ4n) is 4.70. The van der Waals surface area contributed by atoms with Crippen LogP contribution in [0, 0.1) is 0 Å². The normalized spacial score (nSPS) is 10.7. The summed E-state index contributed by atoms with van der Waals surface area (Å²) >= 11 is 0. The Bertz CT molecular complexity index is 466. The highest BCUT2D eigenvalue weighted by molar-refractivity contribution is 5.87. The lowest BCUT2D eigenvalue weighted by atomic mass is 10.1. The molecule has 42 heavy (non-hydrogen) atoms. The summed E-state index contributed by atoms with van der Waals surface area (Å²) in [5.74, 6) is -3.09. The molecule has 4 N–H and O–H groups in total. The lowest BCUT2D eigenvalue weighted by molar-refractivity contribution is -0.655. The molecule has 6 heteroatoms. The van der Waals surface area contributed by atoms with Crippen LogP contribution >= 0.6 is 0 Å². The maximum absolute atomic E-state index is 9.41. The predicted molar refractivity (Wildman–Crippen MR) is 176 cm³/mol. The number of hydrogen-bond acceptors (Lipinski definition) is 4. The van der Waals surface area contributed by atoms with Gasteiger partial charge in [0.05, 0.1) is 38.1 Å². The highest BCUT2D eigenvalue weighted by Gasteiger charge is 1.95. The third-order valence-electron chi connectivity index (χ3n) is 7.40. The van der Waals surface area contributed by atoms with Crippen LogP contribution in [-0.2, 0) is 9.59 Å². The van der Waals surface area contributed by atoms with E-state index in [-0.39, 0.29) is 0 Å². The van der Waals surface area contributed by atoms with Gasteiger partial charge < -0.3 is 30.4 Å². The van der Waals surface area contributed by atoms with Crippen LogP contribution in [0.2, 0.25) is 0 Å². The van der Waals surface area contributed by atoms with E-state index in [1.54, 1.807) is 0 Å². The third kappa shape index (κ3) is 54.6. The molecule has 0 aromatic carbocycles. The van der Waals surface area contributed by atoms with Gasteiger partial charge in [0, 0.05) is 0 Å². The van der Waals surface area contributed by atoms with Crippen LogP contribution in [0.5, 0.6) is 0 Å². The Morgan fingerprint density at radius 3 is 0.762 bits per heavy atom. The largest absolute Gasteiger partial charge is 0.545 e. The first-order valence-corrected chi connectivity index (χ1v) is 18.2. The topological polar surface area (TPSA) is 113 Å². The number of rotatable bonds is 30. The van der Waals surface area contributed by atoms with Crippen molar-refractivity contribution < 1.29 is 30.4 Å². The summed E-state index contributed by atoms with van der Waals surface area (Å²) in [5, 5.41) is 23.9. The van der Waals surface area contributed by atoms with E-state index in [0.717, 1.165) is 0 Å². The Balaban J connectivity index is -0.000000579. The molecule has 0 spiro atoms. The minimum Gasteiger partial charge on any atom is -0.545 e. The van der Waals surface area contributed by atoms with E-state index in [2.05, 4.69) is 38.3 Å². The minimum absolute atomic E-state index is 0.384. The van der Waals surface area contributed by atoms with E-state index in [4.69, 9.17) is 0 Å². The number of aliphatic carboxylic acids is 2. The standard InChI is InChI=1S/2C16H35N.C4H4O4/c2*1-3-5-7-9-11-13-15-17-16-14-12-10-8-6-4-2;5-3(6)1-2-4(7)8/h2*17H,3-16H2,1-2H3;1-2H,(H,5,6)(H,7,8)/b;;2-1+. The number of quaternary nitrogens is 2. The summed E-state index contributed by atoms with van der Waals surface area (Å²) in [7, 11) is 0. The number of carboxylic acid groups (broad SMARTS) is 2. The lowest BCUT2D eigenvalue weighted by Crippen LogP contribution is -2.84. The van der Waals surface area contributed by atoms with Crippen LogP contribution in [0.1, 0.15) is 182 Å². The summed E-state index contributed by atoms with van der Waals surface area (Å²) in [6, 6.07) is 0. The first kappa shape index (κ1) is 45.0. The van der Waals surface area contributed by atoms with Crippen molar-refractivity contribution in [2.45, 2.75) is 182 Å². The molecule has 0 bridgehead atoms. The Morgan fingerprint density at radius 2 is 0.571 bits per heavy atom. The van der Waals surface area contributed by atoms with Crippen LogP contribution in [0.15, 0.2) is 12.2 Å². The van der Waals surface area contributed by atoms with E-state index in [9.17, 15) is 19.8 Å². The van der Waals surface area contributed by atoms with Crippen molar-refractivity contribution in [2.24, 2.45) is 0 Å². The van der Waals surface area contributed by atoms with Crippen molar-refractivity contribution in [2.75, 3.05) is 26.2 Å². The van der Waals surface area contributed by atoms with Crippen molar-refractivity contribution >= 4 is 11.9 Å². The van der Waals surface area contributed by atoms with E-state index in [0.29, 0.717) is 12.2 Å². The molecule has 0 aliphatic carbocycles. The van der Waals surface area contributed by atoms with Crippen LogP contribution in [0.3, 0.4) is 0 Å². The maximum Gasteiger partial charge on any atom is 0.0755 e. The molecule has 0 heterocycles. The van der Waals surface area contributed by atoms with Crippen LogP contribution in [0.4, 0.5) is 0 Å². The molecule has 6 nitrogen and oxygen atoms in total. The van der Waals surface area contributed by atoms with Crippen molar-refractivity contribution in [3.8, 4) is 0 Å². The molecule has 0 fully saturated rings. The smallest absolute Gasteiger partial charge is 0.0755 e. The highest BCUT2D eigenvalue weighted by Crippen LogP contribution is 2.06. The van der Waals surface area contributed by atoms with Crippen molar-refractivity contribution in [1.82, 2.24) is 0 Å². The first-order chi connectivity index (χ1) is 20.5. The van der Waals surface area contributed by atoms with Gasteiger partial charge in [-0.15, -0.1) is 0 Å². The van der Waals surface area contributed by atoms with E-state index < -0.39 is 11.9 Å². The van der Waals surface area contributed by atoms with Crippen molar-refractivity contribution in [3.63, 3.8) is 0 Å². The van der Waals surface area contributed by atoms with Gasteiger partial charge >= 0.3 is 0 Å². The molecular weight excluding hydrogens is 524 g/mol. The first-order valence-electron chi connectivity index (χ1n) is 18.2. The molecular formula is C36H74N2O4. The second-order valence-electron chi connectivity index (χ2n) is 11.8. The molecule has 0 aromatic rings. The second-order valence-corrected chi connectivity index (χ2v) is 11.8. The van der Waals surface area contributed by atoms with Gasteiger partial charge in [-0.3, -0.25) is 0 Å².